The molecule has 1 saturated heterocycles. The summed E-state index contributed by atoms with van der Waals surface area (Å²) in [5.74, 6) is 0.917. The molecule has 0 spiro atoms. The Balaban J connectivity index is 0. The van der Waals surface area contributed by atoms with Gasteiger partial charge in [0.1, 0.15) is 0 Å². The minimum atomic E-state index is 0. The van der Waals surface area contributed by atoms with Crippen molar-refractivity contribution < 1.29 is 27.4 Å². The highest BCUT2D eigenvalue weighted by molar-refractivity contribution is 5.41. The van der Waals surface area contributed by atoms with E-state index in [0.717, 1.165) is 12.0 Å². The van der Waals surface area contributed by atoms with Crippen molar-refractivity contribution in [2.75, 3.05) is 6.54 Å². The van der Waals surface area contributed by atoms with Crippen LogP contribution in [0.4, 0.5) is 0 Å². The number of nitrogens with one attached hydrogen (secondary N) is 1. The standard InChI is InChI=1S/C16H21N.5H2O/c1-2-6-13-12(5-1)11-15-14-7-3-4-8-16(13,14)9-10-17-15;;;;;/h1-2,5-6,14-15,17H,3-4,7-11H2;5*1H2/t14-,15+,16-;;;;;/m0...../s1. The average molecular weight is 317 g/mol. The Hall–Kier alpha value is -1.02. The smallest absolute Gasteiger partial charge is 0.0144 e. The molecule has 22 heavy (non-hydrogen) atoms. The zero-order chi connectivity index (χ0) is 11.3. The van der Waals surface area contributed by atoms with E-state index in [9.17, 15) is 0 Å². The molecule has 2 fully saturated rings. The van der Waals surface area contributed by atoms with Crippen molar-refractivity contribution in [3.05, 3.63) is 35.4 Å². The van der Waals surface area contributed by atoms with Crippen molar-refractivity contribution in [2.24, 2.45) is 5.92 Å². The van der Waals surface area contributed by atoms with E-state index in [2.05, 4.69) is 29.6 Å². The van der Waals surface area contributed by atoms with Gasteiger partial charge in [-0.15, -0.1) is 0 Å². The third-order valence-electron chi connectivity index (χ3n) is 5.55. The fourth-order valence-electron chi connectivity index (χ4n) is 4.89. The van der Waals surface area contributed by atoms with Gasteiger partial charge in [0.25, 0.3) is 0 Å². The Morgan fingerprint density at radius 2 is 1.64 bits per heavy atom. The first-order chi connectivity index (χ1) is 8.40. The van der Waals surface area contributed by atoms with Gasteiger partial charge in [-0.3, -0.25) is 0 Å². The Bertz CT molecular complexity index is 452. The van der Waals surface area contributed by atoms with E-state index < -0.39 is 0 Å². The molecule has 130 valence electrons. The van der Waals surface area contributed by atoms with Crippen LogP contribution in [0.3, 0.4) is 0 Å². The Kier molecular flexibility index (Phi) is 9.06. The monoisotopic (exact) mass is 317 g/mol. The summed E-state index contributed by atoms with van der Waals surface area (Å²) in [5.41, 5.74) is 3.88. The predicted octanol–water partition coefficient (Wildman–Crippen LogP) is -1.09. The van der Waals surface area contributed by atoms with Crippen molar-refractivity contribution in [1.29, 1.82) is 0 Å². The van der Waals surface area contributed by atoms with Crippen LogP contribution in [0.25, 0.3) is 0 Å². The Morgan fingerprint density at radius 3 is 2.41 bits per heavy atom. The summed E-state index contributed by atoms with van der Waals surface area (Å²) in [6.07, 6.45) is 8.41. The molecule has 6 nitrogen and oxygen atoms in total. The van der Waals surface area contributed by atoms with Crippen molar-refractivity contribution >= 4 is 0 Å². The van der Waals surface area contributed by atoms with E-state index in [-0.39, 0.29) is 27.4 Å². The highest BCUT2D eigenvalue weighted by atomic mass is 16.0. The van der Waals surface area contributed by atoms with E-state index in [1.54, 1.807) is 11.1 Å². The van der Waals surface area contributed by atoms with Crippen LogP contribution in [-0.4, -0.2) is 40.0 Å². The van der Waals surface area contributed by atoms with Crippen LogP contribution in [0.15, 0.2) is 24.3 Å². The van der Waals surface area contributed by atoms with E-state index >= 15 is 0 Å². The number of hydrogen-bond acceptors (Lipinski definition) is 1. The molecular weight excluding hydrogens is 286 g/mol. The molecule has 6 heteroatoms. The molecule has 3 atom stereocenters. The first kappa shape index (κ1) is 23.2. The van der Waals surface area contributed by atoms with Crippen LogP contribution in [0.2, 0.25) is 0 Å². The second kappa shape index (κ2) is 8.57. The molecule has 1 heterocycles. The van der Waals surface area contributed by atoms with Crippen molar-refractivity contribution in [1.82, 2.24) is 5.32 Å². The van der Waals surface area contributed by atoms with Crippen LogP contribution in [0, 0.1) is 5.92 Å². The molecule has 0 radical (unpaired) electrons. The summed E-state index contributed by atoms with van der Waals surface area (Å²) in [7, 11) is 0. The SMILES string of the molecule is O.O.O.O.O.c1ccc2c(c1)C[C@H]1NCC[C@@]23CCCC[C@@H]13. The molecule has 1 saturated carbocycles. The second-order valence-corrected chi connectivity index (χ2v) is 6.18. The van der Waals surface area contributed by atoms with Gasteiger partial charge in [0.05, 0.1) is 0 Å². The minimum Gasteiger partial charge on any atom is -0.412 e. The first-order valence-electron chi connectivity index (χ1n) is 7.22. The van der Waals surface area contributed by atoms with Gasteiger partial charge in [-0.2, -0.15) is 0 Å². The van der Waals surface area contributed by atoms with Crippen LogP contribution >= 0.6 is 0 Å². The molecule has 0 aromatic heterocycles. The molecule has 4 rings (SSSR count). The maximum Gasteiger partial charge on any atom is 0.0144 e. The topological polar surface area (TPSA) is 170 Å². The summed E-state index contributed by atoms with van der Waals surface area (Å²) < 4.78 is 0. The number of piperidine rings is 1. The third kappa shape index (κ3) is 3.03. The van der Waals surface area contributed by atoms with Crippen LogP contribution in [-0.2, 0) is 11.8 Å². The number of rotatable bonds is 0. The lowest BCUT2D eigenvalue weighted by atomic mass is 9.53. The lowest BCUT2D eigenvalue weighted by molar-refractivity contribution is 0.0798. The van der Waals surface area contributed by atoms with E-state index in [0.29, 0.717) is 5.41 Å². The summed E-state index contributed by atoms with van der Waals surface area (Å²) >= 11 is 0. The molecule has 2 aliphatic carbocycles. The highest BCUT2D eigenvalue weighted by Gasteiger charge is 2.51. The van der Waals surface area contributed by atoms with Gasteiger partial charge in [0, 0.05) is 11.5 Å². The molecular formula is C16H31NO5. The fourth-order valence-corrected chi connectivity index (χ4v) is 4.89. The summed E-state index contributed by atoms with van der Waals surface area (Å²) in [4.78, 5) is 0. The van der Waals surface area contributed by atoms with Crippen LogP contribution in [0.5, 0.6) is 0 Å². The Morgan fingerprint density at radius 1 is 0.909 bits per heavy atom. The third-order valence-corrected chi connectivity index (χ3v) is 5.55. The lowest BCUT2D eigenvalue weighted by Gasteiger charge is -2.56. The molecule has 11 N–H and O–H groups in total. The molecule has 1 aliphatic heterocycles. The van der Waals surface area contributed by atoms with Crippen molar-refractivity contribution in [2.45, 2.75) is 50.0 Å². The quantitative estimate of drug-likeness (QED) is 0.630. The van der Waals surface area contributed by atoms with Gasteiger partial charge in [-0.05, 0) is 49.3 Å². The van der Waals surface area contributed by atoms with Gasteiger partial charge >= 0.3 is 0 Å². The van der Waals surface area contributed by atoms with Gasteiger partial charge < -0.3 is 32.7 Å². The number of fused-ring (bicyclic) bond motifs is 1. The van der Waals surface area contributed by atoms with Crippen LogP contribution < -0.4 is 5.32 Å². The van der Waals surface area contributed by atoms with Gasteiger partial charge in [-0.25, -0.2) is 0 Å². The lowest BCUT2D eigenvalue weighted by Crippen LogP contribution is -2.59. The zero-order valence-corrected chi connectivity index (χ0v) is 12.9. The van der Waals surface area contributed by atoms with Gasteiger partial charge in [0.15, 0.2) is 0 Å². The van der Waals surface area contributed by atoms with Gasteiger partial charge in [0.2, 0.25) is 0 Å². The number of benzene rings is 1. The molecule has 3 aliphatic rings. The molecule has 2 bridgehead atoms. The largest absolute Gasteiger partial charge is 0.412 e. The molecule has 1 aromatic carbocycles. The van der Waals surface area contributed by atoms with Crippen molar-refractivity contribution in [3.8, 4) is 0 Å². The van der Waals surface area contributed by atoms with E-state index in [1.807, 2.05) is 0 Å². The molecule has 0 amide bonds. The minimum absolute atomic E-state index is 0. The number of hydrogen-bond donors (Lipinski definition) is 1. The second-order valence-electron chi connectivity index (χ2n) is 6.18. The van der Waals surface area contributed by atoms with Crippen LogP contribution in [0.1, 0.15) is 43.2 Å². The Labute approximate surface area is 131 Å². The van der Waals surface area contributed by atoms with E-state index in [1.165, 1.54) is 45.1 Å². The van der Waals surface area contributed by atoms with Crippen molar-refractivity contribution in [3.63, 3.8) is 0 Å². The zero-order valence-electron chi connectivity index (χ0n) is 12.9. The first-order valence-corrected chi connectivity index (χ1v) is 7.22. The predicted molar refractivity (Wildman–Crippen MR) is 88.3 cm³/mol. The maximum absolute atomic E-state index is 3.79. The van der Waals surface area contributed by atoms with Gasteiger partial charge in [-0.1, -0.05) is 37.1 Å². The fraction of sp³-hybridized carbons (Fsp3) is 0.625. The van der Waals surface area contributed by atoms with E-state index in [4.69, 9.17) is 0 Å². The highest BCUT2D eigenvalue weighted by Crippen LogP contribution is 2.53. The summed E-state index contributed by atoms with van der Waals surface area (Å²) in [6, 6.07) is 10.0. The average Bonchev–Trinajstić information content (AvgIpc) is 2.39. The summed E-state index contributed by atoms with van der Waals surface area (Å²) in [6.45, 7) is 1.23. The maximum atomic E-state index is 3.79. The molecule has 0 unspecified atom stereocenters. The summed E-state index contributed by atoms with van der Waals surface area (Å²) in [5, 5.41) is 3.79. The molecule has 1 aromatic rings. The normalized spacial score (nSPS) is 30.4.